The van der Waals surface area contributed by atoms with E-state index in [1.54, 1.807) is 9.80 Å². The van der Waals surface area contributed by atoms with Crippen LogP contribution < -0.4 is 20.9 Å². The number of nitrogens with zero attached hydrogens (tertiary/aromatic N) is 3. The molecule has 54 heavy (non-hydrogen) atoms. The van der Waals surface area contributed by atoms with Crippen molar-refractivity contribution in [1.82, 2.24) is 25.8 Å². The first-order chi connectivity index (χ1) is 26.0. The first kappa shape index (κ1) is 37.4. The number of likely N-dealkylation sites (tertiary alicyclic amines) is 1. The number of alkyl halides is 3. The van der Waals surface area contributed by atoms with Gasteiger partial charge in [-0.15, -0.1) is 0 Å². The summed E-state index contributed by atoms with van der Waals surface area (Å²) in [7, 11) is 0. The summed E-state index contributed by atoms with van der Waals surface area (Å²) in [5.41, 5.74) is 1.36. The SMILES string of the molecule is O=C(CN1CN(c2ccccc2)C2(CCN(C(=O)[C@@H](Cc3cccc(C(F)(F)F)c3)NC(=O)[C@H]3Cc4ccccc4CN3)CC2)C1=O)NC1CCCCC1. The molecule has 3 aromatic rings. The van der Waals surface area contributed by atoms with Crippen LogP contribution in [0.2, 0.25) is 0 Å². The molecule has 7 rings (SSSR count). The molecule has 286 valence electrons. The number of carbonyl (C=O) groups is 4. The molecule has 2 saturated heterocycles. The smallest absolute Gasteiger partial charge is 0.352 e. The highest BCUT2D eigenvalue weighted by Gasteiger charge is 2.54. The van der Waals surface area contributed by atoms with Crippen molar-refractivity contribution in [2.45, 2.75) is 94.2 Å². The molecule has 1 saturated carbocycles. The maximum Gasteiger partial charge on any atom is 0.416 e. The van der Waals surface area contributed by atoms with E-state index < -0.39 is 41.2 Å². The average molecular weight is 745 g/mol. The van der Waals surface area contributed by atoms with E-state index in [1.807, 2.05) is 59.5 Å². The summed E-state index contributed by atoms with van der Waals surface area (Å²) in [5.74, 6) is -1.19. The minimum absolute atomic E-state index is 0.0617. The van der Waals surface area contributed by atoms with Gasteiger partial charge in [0, 0.05) is 37.8 Å². The summed E-state index contributed by atoms with van der Waals surface area (Å²) in [6.07, 6.45) is 1.43. The van der Waals surface area contributed by atoms with Crippen LogP contribution in [-0.2, 0) is 44.7 Å². The summed E-state index contributed by atoms with van der Waals surface area (Å²) in [5, 5.41) is 9.23. The molecular weight excluding hydrogens is 697 g/mol. The van der Waals surface area contributed by atoms with E-state index in [9.17, 15) is 32.3 Å². The summed E-state index contributed by atoms with van der Waals surface area (Å²) < 4.78 is 41.0. The number of hydrogen-bond donors (Lipinski definition) is 3. The van der Waals surface area contributed by atoms with Gasteiger partial charge in [0.1, 0.15) is 18.1 Å². The fraction of sp³-hybridized carbons (Fsp3) is 0.463. The topological polar surface area (TPSA) is 114 Å². The van der Waals surface area contributed by atoms with Crippen molar-refractivity contribution in [3.8, 4) is 0 Å². The zero-order chi connectivity index (χ0) is 37.9. The Hall–Kier alpha value is -4.91. The third kappa shape index (κ3) is 8.11. The lowest BCUT2D eigenvalue weighted by Crippen LogP contribution is -2.60. The van der Waals surface area contributed by atoms with Crippen LogP contribution >= 0.6 is 0 Å². The van der Waals surface area contributed by atoms with Crippen LogP contribution in [0.15, 0.2) is 78.9 Å². The van der Waals surface area contributed by atoms with E-state index in [1.165, 1.54) is 12.1 Å². The molecule has 2 atom stereocenters. The molecule has 0 bridgehead atoms. The normalized spacial score (nSPS) is 20.8. The molecule has 1 spiro atoms. The zero-order valence-corrected chi connectivity index (χ0v) is 30.2. The van der Waals surface area contributed by atoms with Crippen LogP contribution in [0.25, 0.3) is 0 Å². The maximum absolute atomic E-state index is 14.3. The van der Waals surface area contributed by atoms with Gasteiger partial charge in [0.15, 0.2) is 0 Å². The van der Waals surface area contributed by atoms with Crippen LogP contribution in [0.5, 0.6) is 0 Å². The highest BCUT2D eigenvalue weighted by atomic mass is 19.4. The minimum Gasteiger partial charge on any atom is -0.352 e. The second kappa shape index (κ2) is 15.8. The minimum atomic E-state index is -4.57. The van der Waals surface area contributed by atoms with E-state index in [4.69, 9.17) is 0 Å². The number of nitrogens with one attached hydrogen (secondary N) is 3. The van der Waals surface area contributed by atoms with E-state index >= 15 is 0 Å². The summed E-state index contributed by atoms with van der Waals surface area (Å²) in [4.78, 5) is 60.7. The second-order valence-electron chi connectivity index (χ2n) is 15.0. The van der Waals surface area contributed by atoms with Crippen LogP contribution in [0.3, 0.4) is 0 Å². The molecule has 13 heteroatoms. The molecule has 4 aliphatic rings. The van der Waals surface area contributed by atoms with E-state index in [0.717, 1.165) is 61.1 Å². The fourth-order valence-corrected chi connectivity index (χ4v) is 8.56. The number of amides is 4. The first-order valence-corrected chi connectivity index (χ1v) is 19.0. The van der Waals surface area contributed by atoms with Crippen molar-refractivity contribution >= 4 is 29.3 Å². The van der Waals surface area contributed by atoms with Crippen molar-refractivity contribution in [1.29, 1.82) is 0 Å². The van der Waals surface area contributed by atoms with Gasteiger partial charge in [-0.05, 0) is 67.0 Å². The molecule has 3 fully saturated rings. The number of para-hydroxylation sites is 1. The van der Waals surface area contributed by atoms with Crippen LogP contribution in [0.1, 0.15) is 67.2 Å². The molecule has 0 unspecified atom stereocenters. The van der Waals surface area contributed by atoms with Crippen LogP contribution in [-0.4, -0.2) is 83.4 Å². The second-order valence-corrected chi connectivity index (χ2v) is 15.0. The molecule has 0 radical (unpaired) electrons. The number of anilines is 1. The zero-order valence-electron chi connectivity index (χ0n) is 30.2. The molecule has 3 aromatic carbocycles. The van der Waals surface area contributed by atoms with Crippen molar-refractivity contribution in [2.24, 2.45) is 0 Å². The Kier molecular flexibility index (Phi) is 11.0. The van der Waals surface area contributed by atoms with E-state index in [2.05, 4.69) is 16.0 Å². The largest absolute Gasteiger partial charge is 0.416 e. The molecule has 10 nitrogen and oxygen atoms in total. The number of benzene rings is 3. The Labute approximate surface area is 313 Å². The summed E-state index contributed by atoms with van der Waals surface area (Å²) >= 11 is 0. The van der Waals surface area contributed by atoms with Crippen LogP contribution in [0.4, 0.5) is 18.9 Å². The predicted octanol–water partition coefficient (Wildman–Crippen LogP) is 4.56. The van der Waals surface area contributed by atoms with Gasteiger partial charge in [0.05, 0.1) is 18.3 Å². The predicted molar refractivity (Wildman–Crippen MR) is 197 cm³/mol. The van der Waals surface area contributed by atoms with Gasteiger partial charge in [-0.2, -0.15) is 13.2 Å². The van der Waals surface area contributed by atoms with Gasteiger partial charge < -0.3 is 30.7 Å². The van der Waals surface area contributed by atoms with Gasteiger partial charge in [-0.1, -0.05) is 79.9 Å². The molecular formula is C41H47F3N6O4. The monoisotopic (exact) mass is 744 g/mol. The van der Waals surface area contributed by atoms with Gasteiger partial charge in [0.2, 0.25) is 17.7 Å². The average Bonchev–Trinajstić information content (AvgIpc) is 3.44. The molecule has 4 amide bonds. The lowest BCUT2D eigenvalue weighted by atomic mass is 9.85. The molecule has 3 aliphatic heterocycles. The Morgan fingerprint density at radius 1 is 0.889 bits per heavy atom. The number of halogens is 3. The highest BCUT2D eigenvalue weighted by Crippen LogP contribution is 2.40. The third-order valence-electron chi connectivity index (χ3n) is 11.5. The fourth-order valence-electron chi connectivity index (χ4n) is 8.56. The van der Waals surface area contributed by atoms with Gasteiger partial charge in [-0.25, -0.2) is 0 Å². The Morgan fingerprint density at radius 2 is 1.59 bits per heavy atom. The van der Waals surface area contributed by atoms with Gasteiger partial charge >= 0.3 is 6.18 Å². The number of rotatable bonds is 9. The van der Waals surface area contributed by atoms with E-state index in [0.29, 0.717) is 13.0 Å². The Balaban J connectivity index is 1.08. The maximum atomic E-state index is 14.3. The Bertz CT molecular complexity index is 1840. The van der Waals surface area contributed by atoms with Crippen molar-refractivity contribution in [2.75, 3.05) is 31.2 Å². The number of carbonyl (C=O) groups excluding carboxylic acids is 4. The van der Waals surface area contributed by atoms with Crippen LogP contribution in [0, 0.1) is 0 Å². The standard InChI is InChI=1S/C41H47F3N6O4/c42-41(43,44)31-13-9-10-28(22-31)23-35(47-37(52)34-24-29-11-7-8-12-30(29)25-45-34)38(53)48-20-18-40(19-21-48)39(54)49(27-50(40)33-16-5-2-6-17-33)26-36(51)46-32-14-3-1-4-15-32/h2,5-13,16-17,22,32,34-35,45H,1,3-4,14-15,18-21,23-27H2,(H,46,51)(H,47,52)/t34-,35-/m1/s1. The first-order valence-electron chi connectivity index (χ1n) is 19.0. The summed E-state index contributed by atoms with van der Waals surface area (Å²) in [6.45, 7) is 0.994. The number of fused-ring (bicyclic) bond motifs is 1. The van der Waals surface area contributed by atoms with Gasteiger partial charge in [-0.3, -0.25) is 19.2 Å². The lowest BCUT2D eigenvalue weighted by Gasteiger charge is -2.44. The quantitative estimate of drug-likeness (QED) is 0.296. The van der Waals surface area contributed by atoms with E-state index in [-0.39, 0.29) is 69.0 Å². The molecule has 1 aliphatic carbocycles. The third-order valence-corrected chi connectivity index (χ3v) is 11.5. The molecule has 0 aromatic heterocycles. The lowest BCUT2D eigenvalue weighted by molar-refractivity contribution is -0.141. The highest BCUT2D eigenvalue weighted by molar-refractivity contribution is 5.97. The van der Waals surface area contributed by atoms with Crippen molar-refractivity contribution in [3.63, 3.8) is 0 Å². The number of piperidine rings is 1. The van der Waals surface area contributed by atoms with Crippen molar-refractivity contribution in [3.05, 3.63) is 101 Å². The Morgan fingerprint density at radius 3 is 2.31 bits per heavy atom. The molecule has 3 heterocycles. The number of hydrogen-bond acceptors (Lipinski definition) is 6. The summed E-state index contributed by atoms with van der Waals surface area (Å²) in [6, 6.07) is 20.5. The molecule has 3 N–H and O–H groups in total. The van der Waals surface area contributed by atoms with Crippen molar-refractivity contribution < 1.29 is 32.3 Å². The van der Waals surface area contributed by atoms with Gasteiger partial charge in [0.25, 0.3) is 5.91 Å².